The van der Waals surface area contributed by atoms with E-state index in [0.29, 0.717) is 19.4 Å². The number of aliphatic hydroxyl groups excluding tert-OH is 2. The lowest BCUT2D eigenvalue weighted by Crippen LogP contribution is -2.45. The molecular weight excluding hydrogens is 755 g/mol. The largest absolute Gasteiger partial charge is 0.466 e. The lowest BCUT2D eigenvalue weighted by atomic mass is 10.0. The molecule has 61 heavy (non-hydrogen) atoms. The number of hydrogen-bond acceptors (Lipinski definition) is 5. The molecule has 0 aromatic rings. The quantitative estimate of drug-likeness (QED) is 0.0245. The molecule has 0 saturated carbocycles. The zero-order valence-electron chi connectivity index (χ0n) is 40.6. The third kappa shape index (κ3) is 47.4. The van der Waals surface area contributed by atoms with Gasteiger partial charge in [-0.2, -0.15) is 0 Å². The number of nitrogens with one attached hydrogen (secondary N) is 1. The van der Waals surface area contributed by atoms with Crippen LogP contribution in [0.1, 0.15) is 277 Å². The summed E-state index contributed by atoms with van der Waals surface area (Å²) in [6.07, 6.45) is 61.5. The van der Waals surface area contributed by atoms with Crippen molar-refractivity contribution in [2.75, 3.05) is 13.2 Å². The molecule has 0 aliphatic carbocycles. The third-order valence-electron chi connectivity index (χ3n) is 12.2. The van der Waals surface area contributed by atoms with E-state index in [1.165, 1.54) is 173 Å². The molecule has 2 unspecified atom stereocenters. The number of ether oxygens (including phenoxy) is 1. The molecular formula is C55H103NO5. The average Bonchev–Trinajstić information content (AvgIpc) is 3.26. The van der Waals surface area contributed by atoms with Gasteiger partial charge < -0.3 is 20.3 Å². The molecule has 0 spiro atoms. The fraction of sp³-hybridized carbons (Fsp3) is 0.855. The Kier molecular flexibility index (Phi) is 49.1. The first-order valence-electron chi connectivity index (χ1n) is 26.8. The fourth-order valence-corrected chi connectivity index (χ4v) is 8.04. The monoisotopic (exact) mass is 858 g/mol. The van der Waals surface area contributed by atoms with Crippen LogP contribution in [0, 0.1) is 0 Å². The van der Waals surface area contributed by atoms with Crippen LogP contribution in [0.4, 0.5) is 0 Å². The standard InChI is InChI=1S/C55H103NO5/c1-3-5-7-9-11-13-15-17-18-19-21-24-27-31-35-39-43-47-53(58)52(51-57)56-54(59)48-44-40-36-32-28-25-22-20-23-26-30-34-38-42-46-50-61-55(60)49-45-41-37-33-29-16-14-12-10-8-6-4-2/h20,23,26,30,43,47,52-53,57-58H,3-19,21-22,24-25,27-29,31-42,44-46,48-51H2,1-2H3,(H,56,59)/b23-20-,30-26-,47-43+. The zero-order valence-corrected chi connectivity index (χ0v) is 40.6. The second-order valence-corrected chi connectivity index (χ2v) is 18.2. The molecule has 0 radical (unpaired) electrons. The lowest BCUT2D eigenvalue weighted by Gasteiger charge is -2.20. The second-order valence-electron chi connectivity index (χ2n) is 18.2. The van der Waals surface area contributed by atoms with E-state index in [-0.39, 0.29) is 18.5 Å². The van der Waals surface area contributed by atoms with E-state index in [1.807, 2.05) is 6.08 Å². The number of aliphatic hydroxyl groups is 2. The van der Waals surface area contributed by atoms with Crippen molar-refractivity contribution in [2.45, 2.75) is 289 Å². The minimum Gasteiger partial charge on any atom is -0.466 e. The molecule has 0 bridgehead atoms. The van der Waals surface area contributed by atoms with Crippen LogP contribution in [0.25, 0.3) is 0 Å². The van der Waals surface area contributed by atoms with Gasteiger partial charge in [0.25, 0.3) is 0 Å². The maximum atomic E-state index is 12.4. The fourth-order valence-electron chi connectivity index (χ4n) is 8.04. The number of amides is 1. The minimum atomic E-state index is -0.859. The smallest absolute Gasteiger partial charge is 0.305 e. The molecule has 0 aromatic carbocycles. The molecule has 1 amide bonds. The van der Waals surface area contributed by atoms with Crippen LogP contribution in [-0.2, 0) is 14.3 Å². The molecule has 0 rings (SSSR count). The number of allylic oxidation sites excluding steroid dienone is 5. The molecule has 0 aliphatic heterocycles. The summed E-state index contributed by atoms with van der Waals surface area (Å²) >= 11 is 0. The second kappa shape index (κ2) is 50.7. The SMILES string of the molecule is CCCCCCCCCCCCCCCCC/C=C/C(O)C(CO)NC(=O)CCCCCCCC/C=C\C=C/CCCCCOC(=O)CCCCCCCCCCCCCC. The van der Waals surface area contributed by atoms with Crippen molar-refractivity contribution in [3.8, 4) is 0 Å². The van der Waals surface area contributed by atoms with Crippen molar-refractivity contribution in [1.29, 1.82) is 0 Å². The zero-order chi connectivity index (χ0) is 44.4. The Morgan fingerprint density at radius 3 is 1.21 bits per heavy atom. The highest BCUT2D eigenvalue weighted by Crippen LogP contribution is 2.16. The molecule has 0 saturated heterocycles. The van der Waals surface area contributed by atoms with Crippen molar-refractivity contribution in [3.63, 3.8) is 0 Å². The average molecular weight is 858 g/mol. The van der Waals surface area contributed by atoms with Crippen LogP contribution >= 0.6 is 0 Å². The van der Waals surface area contributed by atoms with E-state index in [0.717, 1.165) is 77.0 Å². The Morgan fingerprint density at radius 1 is 0.459 bits per heavy atom. The number of esters is 1. The van der Waals surface area contributed by atoms with Gasteiger partial charge in [0.2, 0.25) is 5.91 Å². The van der Waals surface area contributed by atoms with Gasteiger partial charge in [-0.15, -0.1) is 0 Å². The van der Waals surface area contributed by atoms with Crippen molar-refractivity contribution in [2.24, 2.45) is 0 Å². The van der Waals surface area contributed by atoms with Gasteiger partial charge in [0, 0.05) is 12.8 Å². The predicted octanol–water partition coefficient (Wildman–Crippen LogP) is 16.1. The van der Waals surface area contributed by atoms with Crippen molar-refractivity contribution < 1.29 is 24.5 Å². The highest BCUT2D eigenvalue weighted by Gasteiger charge is 2.18. The van der Waals surface area contributed by atoms with Gasteiger partial charge in [-0.1, -0.05) is 237 Å². The van der Waals surface area contributed by atoms with E-state index in [2.05, 4.69) is 43.5 Å². The molecule has 2 atom stereocenters. The number of hydrogen-bond donors (Lipinski definition) is 3. The summed E-state index contributed by atoms with van der Waals surface area (Å²) in [5.74, 6) is -0.112. The highest BCUT2D eigenvalue weighted by atomic mass is 16.5. The van der Waals surface area contributed by atoms with Gasteiger partial charge >= 0.3 is 5.97 Å². The summed E-state index contributed by atoms with van der Waals surface area (Å²) in [7, 11) is 0. The normalized spacial score (nSPS) is 12.9. The predicted molar refractivity (Wildman–Crippen MR) is 264 cm³/mol. The minimum absolute atomic E-state index is 0.0225. The van der Waals surface area contributed by atoms with Crippen molar-refractivity contribution in [1.82, 2.24) is 5.32 Å². The Morgan fingerprint density at radius 2 is 0.803 bits per heavy atom. The Bertz CT molecular complexity index is 993. The van der Waals surface area contributed by atoms with Crippen LogP contribution in [0.15, 0.2) is 36.5 Å². The van der Waals surface area contributed by atoms with Gasteiger partial charge in [-0.25, -0.2) is 0 Å². The van der Waals surface area contributed by atoms with E-state index in [1.54, 1.807) is 6.08 Å². The summed E-state index contributed by atoms with van der Waals surface area (Å²) in [5, 5.41) is 23.1. The summed E-state index contributed by atoms with van der Waals surface area (Å²) in [6.45, 7) is 4.85. The molecule has 0 heterocycles. The maximum absolute atomic E-state index is 12.4. The molecule has 0 aromatic heterocycles. The number of carbonyl (C=O) groups excluding carboxylic acids is 2. The van der Waals surface area contributed by atoms with Crippen LogP contribution in [0.2, 0.25) is 0 Å². The summed E-state index contributed by atoms with van der Waals surface area (Å²) < 4.78 is 5.43. The molecule has 0 fully saturated rings. The molecule has 6 heteroatoms. The van der Waals surface area contributed by atoms with Gasteiger partial charge in [-0.05, 0) is 64.2 Å². The number of rotatable bonds is 49. The van der Waals surface area contributed by atoms with E-state index >= 15 is 0 Å². The Labute approximate surface area is 379 Å². The molecule has 358 valence electrons. The highest BCUT2D eigenvalue weighted by molar-refractivity contribution is 5.76. The summed E-state index contributed by atoms with van der Waals surface area (Å²) in [6, 6.07) is -0.644. The third-order valence-corrected chi connectivity index (χ3v) is 12.2. The molecule has 0 aliphatic rings. The Balaban J connectivity index is 3.57. The van der Waals surface area contributed by atoms with Crippen LogP contribution in [0.3, 0.4) is 0 Å². The summed E-state index contributed by atoms with van der Waals surface area (Å²) in [4.78, 5) is 24.4. The lowest BCUT2D eigenvalue weighted by molar-refractivity contribution is -0.143. The van der Waals surface area contributed by atoms with E-state index in [4.69, 9.17) is 4.74 Å². The van der Waals surface area contributed by atoms with Gasteiger partial charge in [0.05, 0.1) is 25.4 Å². The van der Waals surface area contributed by atoms with Gasteiger partial charge in [0.15, 0.2) is 0 Å². The first-order valence-corrected chi connectivity index (χ1v) is 26.8. The molecule has 6 nitrogen and oxygen atoms in total. The van der Waals surface area contributed by atoms with Crippen LogP contribution in [-0.4, -0.2) is 47.4 Å². The number of carbonyl (C=O) groups is 2. The summed E-state index contributed by atoms with van der Waals surface area (Å²) in [5.41, 5.74) is 0. The van der Waals surface area contributed by atoms with E-state index in [9.17, 15) is 19.8 Å². The van der Waals surface area contributed by atoms with Gasteiger partial charge in [-0.3, -0.25) is 9.59 Å². The first kappa shape index (κ1) is 59.1. The molecule has 3 N–H and O–H groups in total. The Hall–Kier alpha value is -1.92. The van der Waals surface area contributed by atoms with Crippen LogP contribution < -0.4 is 5.32 Å². The van der Waals surface area contributed by atoms with Gasteiger partial charge in [0.1, 0.15) is 0 Å². The van der Waals surface area contributed by atoms with Crippen molar-refractivity contribution >= 4 is 11.9 Å². The van der Waals surface area contributed by atoms with Crippen LogP contribution in [0.5, 0.6) is 0 Å². The number of unbranched alkanes of at least 4 members (excludes halogenated alkanes) is 35. The van der Waals surface area contributed by atoms with E-state index < -0.39 is 12.1 Å². The van der Waals surface area contributed by atoms with Crippen molar-refractivity contribution in [3.05, 3.63) is 36.5 Å². The topological polar surface area (TPSA) is 95.9 Å². The maximum Gasteiger partial charge on any atom is 0.305 e. The first-order chi connectivity index (χ1) is 30.0.